The molecular weight excluding hydrogens is 220 g/mol. The lowest BCUT2D eigenvalue weighted by molar-refractivity contribution is 0.174. The fourth-order valence-electron chi connectivity index (χ4n) is 2.02. The van der Waals surface area contributed by atoms with Gasteiger partial charge in [-0.15, -0.1) is 0 Å². The first-order valence-electron chi connectivity index (χ1n) is 5.65. The van der Waals surface area contributed by atoms with Gasteiger partial charge in [-0.1, -0.05) is 12.1 Å². The topological polar surface area (TPSA) is 34.1 Å². The van der Waals surface area contributed by atoms with E-state index in [2.05, 4.69) is 15.8 Å². The molecule has 1 saturated heterocycles. The summed E-state index contributed by atoms with van der Waals surface area (Å²) in [6, 6.07) is 8.14. The lowest BCUT2D eigenvalue weighted by Crippen LogP contribution is -2.37. The standard InChI is InChI=1S/C12H14N2OS/c1-2-6-11-10(5-1)12(16-14-11)15-9-4-3-7-13-8-9/h1-2,5-6,9,13H,3-4,7-8H2. The fourth-order valence-corrected chi connectivity index (χ4v) is 2.81. The zero-order valence-corrected chi connectivity index (χ0v) is 9.80. The Balaban J connectivity index is 1.83. The number of piperidine rings is 1. The predicted octanol–water partition coefficient (Wildman–Crippen LogP) is 2.43. The molecular formula is C12H14N2OS. The van der Waals surface area contributed by atoms with E-state index in [0.717, 1.165) is 35.5 Å². The van der Waals surface area contributed by atoms with Crippen molar-refractivity contribution in [1.29, 1.82) is 0 Å². The summed E-state index contributed by atoms with van der Waals surface area (Å²) in [5.41, 5.74) is 1.03. The van der Waals surface area contributed by atoms with Gasteiger partial charge in [0.2, 0.25) is 5.06 Å². The minimum Gasteiger partial charge on any atom is -0.478 e. The fraction of sp³-hybridized carbons (Fsp3) is 0.417. The lowest BCUT2D eigenvalue weighted by atomic mass is 10.1. The van der Waals surface area contributed by atoms with Crippen LogP contribution in [0.5, 0.6) is 5.06 Å². The third-order valence-corrected chi connectivity index (χ3v) is 3.65. The third-order valence-electron chi connectivity index (χ3n) is 2.88. The highest BCUT2D eigenvalue weighted by molar-refractivity contribution is 7.09. The SMILES string of the molecule is c1ccc2c(OC3CCCNC3)snc2c1. The van der Waals surface area contributed by atoms with E-state index in [0.29, 0.717) is 6.10 Å². The summed E-state index contributed by atoms with van der Waals surface area (Å²) in [6.45, 7) is 2.07. The largest absolute Gasteiger partial charge is 0.478 e. The maximum atomic E-state index is 6.00. The van der Waals surface area contributed by atoms with E-state index < -0.39 is 0 Å². The quantitative estimate of drug-likeness (QED) is 0.866. The molecule has 0 saturated carbocycles. The highest BCUT2D eigenvalue weighted by Crippen LogP contribution is 2.31. The van der Waals surface area contributed by atoms with Crippen LogP contribution in [0.25, 0.3) is 10.9 Å². The monoisotopic (exact) mass is 234 g/mol. The molecule has 84 valence electrons. The van der Waals surface area contributed by atoms with E-state index in [1.54, 1.807) is 0 Å². The van der Waals surface area contributed by atoms with Crippen molar-refractivity contribution >= 4 is 22.4 Å². The lowest BCUT2D eigenvalue weighted by Gasteiger charge is -2.22. The summed E-state index contributed by atoms with van der Waals surface area (Å²) in [5, 5.41) is 5.45. The van der Waals surface area contributed by atoms with Gasteiger partial charge in [-0.3, -0.25) is 0 Å². The van der Waals surface area contributed by atoms with Crippen LogP contribution in [-0.2, 0) is 0 Å². The summed E-state index contributed by atoms with van der Waals surface area (Å²) in [4.78, 5) is 0. The van der Waals surface area contributed by atoms with Crippen molar-refractivity contribution in [2.75, 3.05) is 13.1 Å². The maximum Gasteiger partial charge on any atom is 0.201 e. The Labute approximate surface area is 98.6 Å². The van der Waals surface area contributed by atoms with Gasteiger partial charge in [0, 0.05) is 18.1 Å². The zero-order valence-electron chi connectivity index (χ0n) is 8.98. The first kappa shape index (κ1) is 10.1. The molecule has 1 aliphatic heterocycles. The Kier molecular flexibility index (Phi) is 2.76. The minimum atomic E-state index is 0.303. The van der Waals surface area contributed by atoms with E-state index in [-0.39, 0.29) is 0 Å². The maximum absolute atomic E-state index is 6.00. The Hall–Kier alpha value is -1.13. The first-order valence-corrected chi connectivity index (χ1v) is 6.42. The number of aromatic nitrogens is 1. The van der Waals surface area contributed by atoms with Crippen LogP contribution in [0.4, 0.5) is 0 Å². The average Bonchev–Trinajstić information content (AvgIpc) is 2.74. The molecule has 2 heterocycles. The number of ether oxygens (including phenoxy) is 1. The van der Waals surface area contributed by atoms with Gasteiger partial charge in [-0.2, -0.15) is 4.37 Å². The van der Waals surface area contributed by atoms with Crippen LogP contribution < -0.4 is 10.1 Å². The molecule has 1 aliphatic rings. The van der Waals surface area contributed by atoms with Gasteiger partial charge in [-0.05, 0) is 31.5 Å². The molecule has 0 radical (unpaired) electrons. The molecule has 1 unspecified atom stereocenters. The molecule has 1 N–H and O–H groups in total. The van der Waals surface area contributed by atoms with Crippen molar-refractivity contribution in [3.8, 4) is 5.06 Å². The Morgan fingerprint density at radius 2 is 2.31 bits per heavy atom. The summed E-state index contributed by atoms with van der Waals surface area (Å²) >= 11 is 1.46. The highest BCUT2D eigenvalue weighted by atomic mass is 32.1. The van der Waals surface area contributed by atoms with Crippen LogP contribution in [0.1, 0.15) is 12.8 Å². The Bertz CT molecular complexity index is 477. The number of benzene rings is 1. The second kappa shape index (κ2) is 4.39. The van der Waals surface area contributed by atoms with Crippen LogP contribution in [0, 0.1) is 0 Å². The van der Waals surface area contributed by atoms with Crippen LogP contribution in [-0.4, -0.2) is 23.6 Å². The summed E-state index contributed by atoms with van der Waals surface area (Å²) in [7, 11) is 0. The van der Waals surface area contributed by atoms with E-state index in [1.807, 2.05) is 18.2 Å². The van der Waals surface area contributed by atoms with Crippen molar-refractivity contribution in [1.82, 2.24) is 9.69 Å². The number of nitrogens with zero attached hydrogens (tertiary/aromatic N) is 1. The van der Waals surface area contributed by atoms with Crippen LogP contribution in [0.2, 0.25) is 0 Å². The van der Waals surface area contributed by atoms with Gasteiger partial charge in [0.05, 0.1) is 10.9 Å². The van der Waals surface area contributed by atoms with Crippen LogP contribution in [0.15, 0.2) is 24.3 Å². The van der Waals surface area contributed by atoms with E-state index in [1.165, 1.54) is 18.0 Å². The zero-order chi connectivity index (χ0) is 10.8. The van der Waals surface area contributed by atoms with E-state index in [9.17, 15) is 0 Å². The van der Waals surface area contributed by atoms with Crippen LogP contribution in [0.3, 0.4) is 0 Å². The van der Waals surface area contributed by atoms with Crippen molar-refractivity contribution in [2.45, 2.75) is 18.9 Å². The summed E-state index contributed by atoms with van der Waals surface area (Å²) < 4.78 is 10.4. The third kappa shape index (κ3) is 1.90. The van der Waals surface area contributed by atoms with Gasteiger partial charge in [-0.25, -0.2) is 0 Å². The van der Waals surface area contributed by atoms with Crippen molar-refractivity contribution < 1.29 is 4.74 Å². The molecule has 3 rings (SSSR count). The van der Waals surface area contributed by atoms with Gasteiger partial charge in [0.15, 0.2) is 0 Å². The van der Waals surface area contributed by atoms with Crippen molar-refractivity contribution in [3.05, 3.63) is 24.3 Å². The molecule has 1 aromatic carbocycles. The van der Waals surface area contributed by atoms with Crippen molar-refractivity contribution in [2.24, 2.45) is 0 Å². The van der Waals surface area contributed by atoms with Gasteiger partial charge < -0.3 is 10.1 Å². The number of rotatable bonds is 2. The summed E-state index contributed by atoms with van der Waals surface area (Å²) in [5.74, 6) is 0. The smallest absolute Gasteiger partial charge is 0.201 e. The molecule has 0 bridgehead atoms. The molecule has 4 heteroatoms. The van der Waals surface area contributed by atoms with Gasteiger partial charge in [0.1, 0.15) is 6.10 Å². The van der Waals surface area contributed by atoms with Gasteiger partial charge in [0.25, 0.3) is 0 Å². The second-order valence-corrected chi connectivity index (χ2v) is 4.81. The van der Waals surface area contributed by atoms with Gasteiger partial charge >= 0.3 is 0 Å². The molecule has 16 heavy (non-hydrogen) atoms. The molecule has 1 fully saturated rings. The molecule has 1 atom stereocenters. The first-order chi connectivity index (χ1) is 7.93. The molecule has 0 spiro atoms. The molecule has 0 aliphatic carbocycles. The predicted molar refractivity (Wildman–Crippen MR) is 66.1 cm³/mol. The number of nitrogens with one attached hydrogen (secondary N) is 1. The van der Waals surface area contributed by atoms with Crippen molar-refractivity contribution in [3.63, 3.8) is 0 Å². The number of hydrogen-bond acceptors (Lipinski definition) is 4. The molecule has 2 aromatic rings. The number of fused-ring (bicyclic) bond motifs is 1. The average molecular weight is 234 g/mol. The Morgan fingerprint density at radius 1 is 1.38 bits per heavy atom. The second-order valence-electron chi connectivity index (χ2n) is 4.07. The minimum absolute atomic E-state index is 0.303. The normalized spacial score (nSPS) is 21.1. The van der Waals surface area contributed by atoms with Crippen LogP contribution >= 0.6 is 11.5 Å². The van der Waals surface area contributed by atoms with E-state index >= 15 is 0 Å². The summed E-state index contributed by atoms with van der Waals surface area (Å²) in [6.07, 6.45) is 2.64. The Morgan fingerprint density at radius 3 is 3.19 bits per heavy atom. The molecule has 3 nitrogen and oxygen atoms in total. The molecule has 0 amide bonds. The van der Waals surface area contributed by atoms with E-state index in [4.69, 9.17) is 4.74 Å². The molecule has 1 aromatic heterocycles. The highest BCUT2D eigenvalue weighted by Gasteiger charge is 2.16. The number of hydrogen-bond donors (Lipinski definition) is 1.